The van der Waals surface area contributed by atoms with Gasteiger partial charge < -0.3 is 9.64 Å². The number of carbonyl (C=O) groups is 2. The minimum absolute atomic E-state index is 0.0165. The second-order valence-corrected chi connectivity index (χ2v) is 8.04. The number of nitrogens with zero attached hydrogens (tertiary/aromatic N) is 2. The molecule has 8 heteroatoms. The van der Waals surface area contributed by atoms with E-state index < -0.39 is 0 Å². The van der Waals surface area contributed by atoms with Gasteiger partial charge >= 0.3 is 0 Å². The molecule has 0 atom stereocenters. The molecule has 0 spiro atoms. The molecular formula is C21H16BrN3O3S. The molecule has 0 saturated carbocycles. The molecule has 1 aliphatic heterocycles. The number of carbonyl (C=O) groups excluding carboxylic acids is 2. The van der Waals surface area contributed by atoms with Crippen LogP contribution in [0.5, 0.6) is 5.75 Å². The first-order chi connectivity index (χ1) is 14.0. The molecule has 2 amide bonds. The highest BCUT2D eigenvalue weighted by molar-refractivity contribution is 9.10. The normalized spacial score (nSPS) is 12.9. The molecule has 0 radical (unpaired) electrons. The fourth-order valence-electron chi connectivity index (χ4n) is 2.95. The van der Waals surface area contributed by atoms with Crippen LogP contribution in [0.15, 0.2) is 65.0 Å². The number of nitrogens with one attached hydrogen (secondary N) is 1. The Kier molecular flexibility index (Phi) is 5.46. The van der Waals surface area contributed by atoms with E-state index in [1.807, 2.05) is 29.6 Å². The minimum atomic E-state index is -0.228. The van der Waals surface area contributed by atoms with Crippen LogP contribution in [-0.4, -0.2) is 29.9 Å². The van der Waals surface area contributed by atoms with Gasteiger partial charge in [0.25, 0.3) is 11.8 Å². The Labute approximate surface area is 180 Å². The SMILES string of the molecule is C=CCN1C(=O)COc2ccc(-c3csc(NC(=O)c4cccc(Br)c4)n3)cc21. The van der Waals surface area contributed by atoms with E-state index in [0.717, 1.165) is 10.0 Å². The first-order valence-corrected chi connectivity index (χ1v) is 10.4. The minimum Gasteiger partial charge on any atom is -0.482 e. The standard InChI is InChI=1S/C21H16BrN3O3S/c1-2-8-25-17-10-13(6-7-18(17)28-11-19(25)26)16-12-29-21(23-16)24-20(27)14-4-3-5-15(22)9-14/h2-7,9-10,12H,1,8,11H2,(H,23,24,27). The number of amides is 2. The Morgan fingerprint density at radius 1 is 1.34 bits per heavy atom. The fourth-order valence-corrected chi connectivity index (χ4v) is 4.07. The first-order valence-electron chi connectivity index (χ1n) is 8.76. The van der Waals surface area contributed by atoms with Crippen molar-refractivity contribution in [3.05, 3.63) is 70.5 Å². The number of rotatable bonds is 5. The summed E-state index contributed by atoms with van der Waals surface area (Å²) in [5, 5.41) is 5.18. The molecule has 2 heterocycles. The second kappa shape index (κ2) is 8.18. The number of hydrogen-bond acceptors (Lipinski definition) is 5. The van der Waals surface area contributed by atoms with Gasteiger partial charge in [0.2, 0.25) is 0 Å². The summed E-state index contributed by atoms with van der Waals surface area (Å²) in [6.07, 6.45) is 1.68. The van der Waals surface area contributed by atoms with Crippen LogP contribution in [0, 0.1) is 0 Å². The molecule has 4 rings (SSSR count). The van der Waals surface area contributed by atoms with Crippen molar-refractivity contribution in [1.29, 1.82) is 0 Å². The largest absolute Gasteiger partial charge is 0.482 e. The summed E-state index contributed by atoms with van der Waals surface area (Å²) < 4.78 is 6.35. The molecule has 1 aromatic heterocycles. The Hall–Kier alpha value is -2.97. The van der Waals surface area contributed by atoms with E-state index in [0.29, 0.717) is 34.4 Å². The Morgan fingerprint density at radius 3 is 3.00 bits per heavy atom. The summed E-state index contributed by atoms with van der Waals surface area (Å²) in [6, 6.07) is 12.7. The van der Waals surface area contributed by atoms with Crippen LogP contribution in [0.2, 0.25) is 0 Å². The molecule has 0 fully saturated rings. The molecule has 1 aliphatic rings. The number of anilines is 2. The number of hydrogen-bond donors (Lipinski definition) is 1. The summed E-state index contributed by atoms with van der Waals surface area (Å²) in [6.45, 7) is 4.14. The Bertz CT molecular complexity index is 1110. The molecule has 0 unspecified atom stereocenters. The van der Waals surface area contributed by atoms with Gasteiger partial charge in [0.05, 0.1) is 11.4 Å². The lowest BCUT2D eigenvalue weighted by Gasteiger charge is -2.28. The highest BCUT2D eigenvalue weighted by atomic mass is 79.9. The van der Waals surface area contributed by atoms with Gasteiger partial charge in [-0.15, -0.1) is 17.9 Å². The van der Waals surface area contributed by atoms with Crippen molar-refractivity contribution in [3.63, 3.8) is 0 Å². The third-order valence-corrected chi connectivity index (χ3v) is 5.57. The van der Waals surface area contributed by atoms with E-state index in [1.54, 1.807) is 29.2 Å². The van der Waals surface area contributed by atoms with Crippen LogP contribution in [-0.2, 0) is 4.79 Å². The van der Waals surface area contributed by atoms with Gasteiger partial charge in [0, 0.05) is 27.5 Å². The quantitative estimate of drug-likeness (QED) is 0.547. The Balaban J connectivity index is 1.57. The zero-order valence-electron chi connectivity index (χ0n) is 15.2. The Morgan fingerprint density at radius 2 is 2.21 bits per heavy atom. The third-order valence-electron chi connectivity index (χ3n) is 4.32. The highest BCUT2D eigenvalue weighted by Crippen LogP contribution is 2.36. The topological polar surface area (TPSA) is 71.5 Å². The number of thiazole rings is 1. The maximum atomic E-state index is 12.4. The molecule has 0 saturated heterocycles. The lowest BCUT2D eigenvalue weighted by molar-refractivity contribution is -0.121. The van der Waals surface area contributed by atoms with Crippen LogP contribution in [0.25, 0.3) is 11.3 Å². The molecule has 3 aromatic rings. The van der Waals surface area contributed by atoms with Crippen molar-refractivity contribution in [1.82, 2.24) is 4.98 Å². The van der Waals surface area contributed by atoms with Crippen molar-refractivity contribution in [2.75, 3.05) is 23.4 Å². The molecule has 6 nitrogen and oxygen atoms in total. The molecule has 2 aromatic carbocycles. The lowest BCUT2D eigenvalue weighted by Crippen LogP contribution is -2.38. The van der Waals surface area contributed by atoms with Crippen LogP contribution < -0.4 is 15.0 Å². The van der Waals surface area contributed by atoms with Gasteiger partial charge in [-0.1, -0.05) is 28.1 Å². The van der Waals surface area contributed by atoms with E-state index in [9.17, 15) is 9.59 Å². The summed E-state index contributed by atoms with van der Waals surface area (Å²) in [7, 11) is 0. The molecule has 1 N–H and O–H groups in total. The van der Waals surface area contributed by atoms with Crippen molar-refractivity contribution >= 4 is 49.9 Å². The summed E-state index contributed by atoms with van der Waals surface area (Å²) in [5.41, 5.74) is 2.77. The monoisotopic (exact) mass is 469 g/mol. The van der Waals surface area contributed by atoms with Gasteiger partial charge in [-0.25, -0.2) is 4.98 Å². The molecule has 146 valence electrons. The van der Waals surface area contributed by atoms with Crippen molar-refractivity contribution in [2.24, 2.45) is 0 Å². The number of ether oxygens (including phenoxy) is 1. The van der Waals surface area contributed by atoms with E-state index in [4.69, 9.17) is 4.74 Å². The number of benzene rings is 2. The second-order valence-electron chi connectivity index (χ2n) is 6.27. The predicted octanol–water partition coefficient (Wildman–Crippen LogP) is 4.74. The predicted molar refractivity (Wildman–Crippen MR) is 118 cm³/mol. The van der Waals surface area contributed by atoms with Crippen LogP contribution >= 0.6 is 27.3 Å². The van der Waals surface area contributed by atoms with Gasteiger partial charge in [-0.3, -0.25) is 14.9 Å². The van der Waals surface area contributed by atoms with Crippen LogP contribution in [0.4, 0.5) is 10.8 Å². The van der Waals surface area contributed by atoms with Crippen molar-refractivity contribution in [2.45, 2.75) is 0 Å². The van der Waals surface area contributed by atoms with Gasteiger partial charge in [0.15, 0.2) is 11.7 Å². The van der Waals surface area contributed by atoms with Gasteiger partial charge in [-0.2, -0.15) is 0 Å². The zero-order chi connectivity index (χ0) is 20.4. The summed E-state index contributed by atoms with van der Waals surface area (Å²) >= 11 is 4.70. The smallest absolute Gasteiger partial charge is 0.265 e. The zero-order valence-corrected chi connectivity index (χ0v) is 17.6. The van der Waals surface area contributed by atoms with Crippen molar-refractivity contribution in [3.8, 4) is 17.0 Å². The number of fused-ring (bicyclic) bond motifs is 1. The number of halogens is 1. The van der Waals surface area contributed by atoms with Gasteiger partial charge in [-0.05, 0) is 36.4 Å². The summed E-state index contributed by atoms with van der Waals surface area (Å²) in [5.74, 6) is 0.303. The first kappa shape index (κ1) is 19.4. The highest BCUT2D eigenvalue weighted by Gasteiger charge is 2.25. The van der Waals surface area contributed by atoms with E-state index in [1.165, 1.54) is 11.3 Å². The van der Waals surface area contributed by atoms with Crippen molar-refractivity contribution < 1.29 is 14.3 Å². The van der Waals surface area contributed by atoms with Gasteiger partial charge in [0.1, 0.15) is 5.75 Å². The fraction of sp³-hybridized carbons (Fsp3) is 0.0952. The average molecular weight is 470 g/mol. The van der Waals surface area contributed by atoms with E-state index >= 15 is 0 Å². The van der Waals surface area contributed by atoms with Crippen LogP contribution in [0.3, 0.4) is 0 Å². The molecule has 29 heavy (non-hydrogen) atoms. The van der Waals surface area contributed by atoms with E-state index in [-0.39, 0.29) is 18.4 Å². The molecular weight excluding hydrogens is 454 g/mol. The number of aromatic nitrogens is 1. The maximum absolute atomic E-state index is 12.4. The van der Waals surface area contributed by atoms with Crippen LogP contribution in [0.1, 0.15) is 10.4 Å². The molecule has 0 aliphatic carbocycles. The molecule has 0 bridgehead atoms. The lowest BCUT2D eigenvalue weighted by atomic mass is 10.1. The van der Waals surface area contributed by atoms with E-state index in [2.05, 4.69) is 32.8 Å². The third kappa shape index (κ3) is 4.08. The maximum Gasteiger partial charge on any atom is 0.265 e. The summed E-state index contributed by atoms with van der Waals surface area (Å²) in [4.78, 5) is 30.7. The average Bonchev–Trinajstić information content (AvgIpc) is 3.18.